The molecule has 7 heteroatoms. The van der Waals surface area contributed by atoms with Crippen molar-refractivity contribution in [3.8, 4) is 0 Å². The van der Waals surface area contributed by atoms with E-state index >= 15 is 0 Å². The Balaban J connectivity index is 1.64. The van der Waals surface area contributed by atoms with Gasteiger partial charge in [-0.15, -0.1) is 0 Å². The highest BCUT2D eigenvalue weighted by atomic mass is 16.2. The molecule has 148 valence electrons. The van der Waals surface area contributed by atoms with E-state index in [4.69, 9.17) is 0 Å². The largest absolute Gasteiger partial charge is 0.346 e. The van der Waals surface area contributed by atoms with Crippen LogP contribution in [0.4, 0.5) is 0 Å². The molecule has 27 heavy (non-hydrogen) atoms. The van der Waals surface area contributed by atoms with Gasteiger partial charge >= 0.3 is 0 Å². The SMILES string of the molecule is Cc1nc(C)c(C(=O)N[C@H]2CN(C(=O)C3CCCN(C)C3)C[C@H]2C)nc1C. The van der Waals surface area contributed by atoms with E-state index in [9.17, 15) is 9.59 Å². The van der Waals surface area contributed by atoms with Crippen LogP contribution in [0, 0.1) is 32.6 Å². The molecule has 1 N–H and O–H groups in total. The maximum Gasteiger partial charge on any atom is 0.272 e. The lowest BCUT2D eigenvalue weighted by Crippen LogP contribution is -2.44. The molecule has 0 bridgehead atoms. The Morgan fingerprint density at radius 2 is 1.74 bits per heavy atom. The molecule has 0 aliphatic carbocycles. The molecule has 2 saturated heterocycles. The van der Waals surface area contributed by atoms with Crippen molar-refractivity contribution < 1.29 is 9.59 Å². The molecule has 0 spiro atoms. The van der Waals surface area contributed by atoms with Crippen LogP contribution in [0.3, 0.4) is 0 Å². The molecule has 3 atom stereocenters. The van der Waals surface area contributed by atoms with Crippen LogP contribution in [-0.4, -0.2) is 70.9 Å². The standard InChI is InChI=1S/C20H31N5O2/c1-12-9-25(20(27)16-7-6-8-24(5)10-16)11-17(12)23-19(26)18-15(4)21-13(2)14(3)22-18/h12,16-17H,6-11H2,1-5H3,(H,23,26)/t12-,16?,17+/m1/s1. The maximum atomic E-state index is 12.9. The predicted molar refractivity (Wildman–Crippen MR) is 103 cm³/mol. The molecule has 1 unspecified atom stereocenters. The molecule has 3 rings (SSSR count). The zero-order valence-corrected chi connectivity index (χ0v) is 17.1. The third-order valence-electron chi connectivity index (χ3n) is 5.91. The summed E-state index contributed by atoms with van der Waals surface area (Å²) in [5.41, 5.74) is 2.62. The van der Waals surface area contributed by atoms with Gasteiger partial charge in [-0.2, -0.15) is 0 Å². The van der Waals surface area contributed by atoms with E-state index in [1.807, 2.05) is 25.7 Å². The van der Waals surface area contributed by atoms with Crippen molar-refractivity contribution in [1.29, 1.82) is 0 Å². The molecule has 2 aliphatic heterocycles. The highest BCUT2D eigenvalue weighted by Crippen LogP contribution is 2.23. The van der Waals surface area contributed by atoms with Crippen LogP contribution >= 0.6 is 0 Å². The zero-order chi connectivity index (χ0) is 19.7. The van der Waals surface area contributed by atoms with Gasteiger partial charge < -0.3 is 15.1 Å². The van der Waals surface area contributed by atoms with E-state index in [1.165, 1.54) is 0 Å². The number of nitrogens with zero attached hydrogens (tertiary/aromatic N) is 4. The monoisotopic (exact) mass is 373 g/mol. The fourth-order valence-electron chi connectivity index (χ4n) is 4.13. The highest BCUT2D eigenvalue weighted by Gasteiger charge is 2.37. The molecule has 1 aromatic heterocycles. The van der Waals surface area contributed by atoms with Gasteiger partial charge in [0.05, 0.1) is 29.0 Å². The van der Waals surface area contributed by atoms with E-state index in [0.29, 0.717) is 24.5 Å². The lowest BCUT2D eigenvalue weighted by atomic mass is 9.97. The number of nitrogens with one attached hydrogen (secondary N) is 1. The van der Waals surface area contributed by atoms with Gasteiger partial charge in [0.15, 0.2) is 0 Å². The van der Waals surface area contributed by atoms with Gasteiger partial charge in [-0.3, -0.25) is 14.6 Å². The van der Waals surface area contributed by atoms with Gasteiger partial charge in [0.1, 0.15) is 5.69 Å². The minimum absolute atomic E-state index is 0.0504. The van der Waals surface area contributed by atoms with Gasteiger partial charge in [-0.05, 0) is 53.1 Å². The first kappa shape index (κ1) is 19.7. The van der Waals surface area contributed by atoms with Crippen molar-refractivity contribution >= 4 is 11.8 Å². The Morgan fingerprint density at radius 1 is 1.04 bits per heavy atom. The normalized spacial score (nSPS) is 26.3. The molecular formula is C20H31N5O2. The summed E-state index contributed by atoms with van der Waals surface area (Å²) < 4.78 is 0. The molecule has 7 nitrogen and oxygen atoms in total. The number of amides is 2. The number of carbonyl (C=O) groups excluding carboxylic acids is 2. The number of likely N-dealkylation sites (tertiary alicyclic amines) is 2. The first-order valence-electron chi connectivity index (χ1n) is 9.86. The topological polar surface area (TPSA) is 78.4 Å². The second kappa shape index (κ2) is 7.92. The van der Waals surface area contributed by atoms with Gasteiger partial charge in [-0.1, -0.05) is 6.92 Å². The Morgan fingerprint density at radius 3 is 2.44 bits per heavy atom. The van der Waals surface area contributed by atoms with Crippen LogP contribution in [0.15, 0.2) is 0 Å². The zero-order valence-electron chi connectivity index (χ0n) is 17.1. The van der Waals surface area contributed by atoms with Gasteiger partial charge in [0, 0.05) is 19.6 Å². The van der Waals surface area contributed by atoms with Crippen LogP contribution in [-0.2, 0) is 4.79 Å². The average molecular weight is 374 g/mol. The molecule has 0 aromatic carbocycles. The van der Waals surface area contributed by atoms with Crippen LogP contribution in [0.25, 0.3) is 0 Å². The molecule has 3 heterocycles. The van der Waals surface area contributed by atoms with E-state index in [-0.39, 0.29) is 29.7 Å². The quantitative estimate of drug-likeness (QED) is 0.865. The maximum absolute atomic E-state index is 12.9. The summed E-state index contributed by atoms with van der Waals surface area (Å²) in [5, 5.41) is 3.08. The van der Waals surface area contributed by atoms with Crippen LogP contribution < -0.4 is 5.32 Å². The fraction of sp³-hybridized carbons (Fsp3) is 0.700. The van der Waals surface area contributed by atoms with Crippen molar-refractivity contribution in [3.05, 3.63) is 22.8 Å². The lowest BCUT2D eigenvalue weighted by Gasteiger charge is -2.31. The number of aryl methyl sites for hydroxylation is 3. The minimum atomic E-state index is -0.202. The summed E-state index contributed by atoms with van der Waals surface area (Å²) in [4.78, 5) is 38.6. The van der Waals surface area contributed by atoms with Crippen LogP contribution in [0.5, 0.6) is 0 Å². The molecule has 0 saturated carbocycles. The number of aromatic nitrogens is 2. The lowest BCUT2D eigenvalue weighted by molar-refractivity contribution is -0.136. The molecular weight excluding hydrogens is 342 g/mol. The molecule has 1 aromatic rings. The Kier molecular flexibility index (Phi) is 5.79. The van der Waals surface area contributed by atoms with Crippen molar-refractivity contribution in [3.63, 3.8) is 0 Å². The van der Waals surface area contributed by atoms with Crippen molar-refractivity contribution in [2.24, 2.45) is 11.8 Å². The summed E-state index contributed by atoms with van der Waals surface area (Å²) in [6, 6.07) is -0.0504. The second-order valence-corrected chi connectivity index (χ2v) is 8.23. The Bertz CT molecular complexity index is 735. The first-order chi connectivity index (χ1) is 12.8. The summed E-state index contributed by atoms with van der Waals surface area (Å²) in [7, 11) is 2.07. The summed E-state index contributed by atoms with van der Waals surface area (Å²) in [5.74, 6) is 0.330. The Hall–Kier alpha value is -2.02. The van der Waals surface area contributed by atoms with Crippen molar-refractivity contribution in [2.45, 2.75) is 46.6 Å². The third kappa shape index (κ3) is 4.29. The summed E-state index contributed by atoms with van der Waals surface area (Å²) in [6.07, 6.45) is 2.03. The minimum Gasteiger partial charge on any atom is -0.346 e. The molecule has 2 amide bonds. The number of carbonyl (C=O) groups is 2. The van der Waals surface area contributed by atoms with Crippen molar-refractivity contribution in [1.82, 2.24) is 25.1 Å². The summed E-state index contributed by atoms with van der Waals surface area (Å²) >= 11 is 0. The number of rotatable bonds is 3. The number of hydrogen-bond donors (Lipinski definition) is 1. The van der Waals surface area contributed by atoms with E-state index < -0.39 is 0 Å². The Labute approximate surface area is 161 Å². The van der Waals surface area contributed by atoms with Crippen molar-refractivity contribution in [2.75, 3.05) is 33.2 Å². The number of hydrogen-bond acceptors (Lipinski definition) is 5. The summed E-state index contributed by atoms with van der Waals surface area (Å²) in [6.45, 7) is 10.8. The van der Waals surface area contributed by atoms with Gasteiger partial charge in [-0.25, -0.2) is 4.98 Å². The molecule has 2 fully saturated rings. The average Bonchev–Trinajstić information content (AvgIpc) is 2.98. The number of piperidine rings is 1. The molecule has 0 radical (unpaired) electrons. The van der Waals surface area contributed by atoms with Gasteiger partial charge in [0.25, 0.3) is 5.91 Å². The fourth-order valence-corrected chi connectivity index (χ4v) is 4.13. The van der Waals surface area contributed by atoms with E-state index in [0.717, 1.165) is 37.3 Å². The predicted octanol–water partition coefficient (Wildman–Crippen LogP) is 1.32. The van der Waals surface area contributed by atoms with Crippen LogP contribution in [0.1, 0.15) is 47.3 Å². The first-order valence-corrected chi connectivity index (χ1v) is 9.86. The third-order valence-corrected chi connectivity index (χ3v) is 5.91. The highest BCUT2D eigenvalue weighted by molar-refractivity contribution is 5.93. The van der Waals surface area contributed by atoms with Crippen LogP contribution in [0.2, 0.25) is 0 Å². The second-order valence-electron chi connectivity index (χ2n) is 8.23. The van der Waals surface area contributed by atoms with E-state index in [1.54, 1.807) is 0 Å². The van der Waals surface area contributed by atoms with Gasteiger partial charge in [0.2, 0.25) is 5.91 Å². The van der Waals surface area contributed by atoms with E-state index in [2.05, 4.69) is 34.2 Å². The smallest absolute Gasteiger partial charge is 0.272 e. The molecule has 2 aliphatic rings.